The summed E-state index contributed by atoms with van der Waals surface area (Å²) in [5.41, 5.74) is 1.78. The van der Waals surface area contributed by atoms with Crippen molar-refractivity contribution >= 4 is 29.2 Å². The van der Waals surface area contributed by atoms with Crippen molar-refractivity contribution in [2.75, 3.05) is 18.5 Å². The Labute approximate surface area is 175 Å². The van der Waals surface area contributed by atoms with Gasteiger partial charge in [-0.1, -0.05) is 17.7 Å². The first kappa shape index (κ1) is 21.1. The molecule has 1 saturated heterocycles. The van der Waals surface area contributed by atoms with Gasteiger partial charge in [0.05, 0.1) is 11.7 Å². The van der Waals surface area contributed by atoms with E-state index in [0.29, 0.717) is 28.6 Å². The Morgan fingerprint density at radius 1 is 1.24 bits per heavy atom. The van der Waals surface area contributed by atoms with E-state index in [4.69, 9.17) is 25.8 Å². The first-order chi connectivity index (χ1) is 13.9. The van der Waals surface area contributed by atoms with Crippen LogP contribution in [-0.4, -0.2) is 37.3 Å². The lowest BCUT2D eigenvalue weighted by atomic mass is 10.2. The Bertz CT molecular complexity index is 862. The van der Waals surface area contributed by atoms with Gasteiger partial charge in [-0.2, -0.15) is 0 Å². The quantitative estimate of drug-likeness (QED) is 0.676. The third-order valence-corrected chi connectivity index (χ3v) is 4.90. The second kappa shape index (κ2) is 9.76. The highest BCUT2D eigenvalue weighted by atomic mass is 35.5. The molecule has 3 rings (SSSR count). The maximum Gasteiger partial charge on any atom is 0.338 e. The van der Waals surface area contributed by atoms with E-state index in [2.05, 4.69) is 5.32 Å². The molecular formula is C22H24ClNO5. The van der Waals surface area contributed by atoms with Gasteiger partial charge >= 0.3 is 5.97 Å². The lowest BCUT2D eigenvalue weighted by molar-refractivity contribution is -0.123. The van der Waals surface area contributed by atoms with Crippen LogP contribution in [0.5, 0.6) is 5.75 Å². The number of carbonyl (C=O) groups excluding carboxylic acids is 2. The van der Waals surface area contributed by atoms with E-state index in [1.807, 2.05) is 6.92 Å². The second-order valence-corrected chi connectivity index (χ2v) is 7.40. The van der Waals surface area contributed by atoms with Gasteiger partial charge in [-0.25, -0.2) is 4.79 Å². The summed E-state index contributed by atoms with van der Waals surface area (Å²) in [6.45, 7) is 4.64. The summed E-state index contributed by atoms with van der Waals surface area (Å²) in [5, 5.41) is 3.24. The van der Waals surface area contributed by atoms with Crippen LogP contribution in [0.3, 0.4) is 0 Å². The lowest BCUT2D eigenvalue weighted by Gasteiger charge is -2.15. The summed E-state index contributed by atoms with van der Waals surface area (Å²) in [6.07, 6.45) is 1.22. The first-order valence-corrected chi connectivity index (χ1v) is 9.92. The molecule has 0 saturated carbocycles. The van der Waals surface area contributed by atoms with Gasteiger partial charge in [0.1, 0.15) is 12.4 Å². The molecular weight excluding hydrogens is 394 g/mol. The number of benzene rings is 2. The molecule has 1 fully saturated rings. The van der Waals surface area contributed by atoms with Crippen LogP contribution in [0.1, 0.15) is 35.7 Å². The Balaban J connectivity index is 1.51. The fraction of sp³-hybridized carbons (Fsp3) is 0.364. The van der Waals surface area contributed by atoms with Crippen molar-refractivity contribution in [3.8, 4) is 5.75 Å². The predicted molar refractivity (Wildman–Crippen MR) is 111 cm³/mol. The number of hydrogen-bond donors (Lipinski definition) is 1. The van der Waals surface area contributed by atoms with Gasteiger partial charge in [0.25, 0.3) is 5.91 Å². The summed E-state index contributed by atoms with van der Waals surface area (Å²) >= 11 is 5.96. The minimum Gasteiger partial charge on any atom is -0.491 e. The highest BCUT2D eigenvalue weighted by molar-refractivity contribution is 6.31. The SMILES string of the molecule is Cc1ccc(Cl)cc1NC(=O)[C@@H](C)OC(=O)c1ccc(OC[C@@H]2CCCO2)cc1. The topological polar surface area (TPSA) is 73.9 Å². The normalized spacial score (nSPS) is 16.9. The Kier molecular flexibility index (Phi) is 7.12. The third-order valence-electron chi connectivity index (χ3n) is 4.66. The van der Waals surface area contributed by atoms with Crippen LogP contribution in [0.25, 0.3) is 0 Å². The molecule has 1 heterocycles. The zero-order chi connectivity index (χ0) is 20.8. The summed E-state index contributed by atoms with van der Waals surface area (Å²) in [4.78, 5) is 24.7. The molecule has 29 heavy (non-hydrogen) atoms. The Hall–Kier alpha value is -2.57. The van der Waals surface area contributed by atoms with Crippen LogP contribution in [0, 0.1) is 6.92 Å². The largest absolute Gasteiger partial charge is 0.491 e. The summed E-state index contributed by atoms with van der Waals surface area (Å²) in [6, 6.07) is 11.8. The minimum absolute atomic E-state index is 0.127. The molecule has 0 aliphatic carbocycles. The van der Waals surface area contributed by atoms with E-state index in [1.165, 1.54) is 6.92 Å². The molecule has 1 amide bonds. The molecule has 0 unspecified atom stereocenters. The van der Waals surface area contributed by atoms with E-state index in [9.17, 15) is 9.59 Å². The number of carbonyl (C=O) groups is 2. The highest BCUT2D eigenvalue weighted by Crippen LogP contribution is 2.21. The van der Waals surface area contributed by atoms with Crippen molar-refractivity contribution < 1.29 is 23.8 Å². The number of ether oxygens (including phenoxy) is 3. The minimum atomic E-state index is -0.962. The zero-order valence-electron chi connectivity index (χ0n) is 16.4. The monoisotopic (exact) mass is 417 g/mol. The van der Waals surface area contributed by atoms with E-state index < -0.39 is 18.0 Å². The van der Waals surface area contributed by atoms with Crippen LogP contribution >= 0.6 is 11.6 Å². The van der Waals surface area contributed by atoms with E-state index in [0.717, 1.165) is 25.0 Å². The van der Waals surface area contributed by atoms with Crippen molar-refractivity contribution in [2.24, 2.45) is 0 Å². The van der Waals surface area contributed by atoms with Gasteiger partial charge in [0.15, 0.2) is 6.10 Å². The molecule has 0 radical (unpaired) electrons. The maximum atomic E-state index is 12.3. The number of esters is 1. The third kappa shape index (κ3) is 5.95. The van der Waals surface area contributed by atoms with E-state index in [-0.39, 0.29) is 6.10 Å². The second-order valence-electron chi connectivity index (χ2n) is 6.97. The molecule has 7 heteroatoms. The molecule has 1 aliphatic rings. The smallest absolute Gasteiger partial charge is 0.338 e. The maximum absolute atomic E-state index is 12.3. The fourth-order valence-electron chi connectivity index (χ4n) is 2.90. The molecule has 2 atom stereocenters. The van der Waals surface area contributed by atoms with Crippen molar-refractivity contribution in [1.82, 2.24) is 0 Å². The number of nitrogens with one attached hydrogen (secondary N) is 1. The first-order valence-electron chi connectivity index (χ1n) is 9.55. The Morgan fingerprint density at radius 2 is 2.00 bits per heavy atom. The zero-order valence-corrected chi connectivity index (χ0v) is 17.2. The van der Waals surface area contributed by atoms with Gasteiger partial charge in [-0.3, -0.25) is 4.79 Å². The van der Waals surface area contributed by atoms with Crippen LogP contribution in [0.15, 0.2) is 42.5 Å². The molecule has 0 spiro atoms. The van der Waals surface area contributed by atoms with Crippen molar-refractivity contribution in [3.05, 3.63) is 58.6 Å². The van der Waals surface area contributed by atoms with Gasteiger partial charge in [0.2, 0.25) is 0 Å². The molecule has 1 aliphatic heterocycles. The van der Waals surface area contributed by atoms with Crippen LogP contribution in [-0.2, 0) is 14.3 Å². The number of anilines is 1. The molecule has 2 aromatic rings. The summed E-state index contributed by atoms with van der Waals surface area (Å²) < 4.78 is 16.5. The van der Waals surface area contributed by atoms with Gasteiger partial charge < -0.3 is 19.5 Å². The van der Waals surface area contributed by atoms with E-state index >= 15 is 0 Å². The molecule has 154 valence electrons. The number of rotatable bonds is 7. The number of hydrogen-bond acceptors (Lipinski definition) is 5. The number of amides is 1. The lowest BCUT2D eigenvalue weighted by Crippen LogP contribution is -2.30. The van der Waals surface area contributed by atoms with Crippen LogP contribution in [0.4, 0.5) is 5.69 Å². The number of halogens is 1. The molecule has 2 aromatic carbocycles. The van der Waals surface area contributed by atoms with E-state index in [1.54, 1.807) is 42.5 Å². The molecule has 6 nitrogen and oxygen atoms in total. The Morgan fingerprint density at radius 3 is 2.69 bits per heavy atom. The molecule has 0 bridgehead atoms. The van der Waals surface area contributed by atoms with Gasteiger partial charge in [-0.15, -0.1) is 0 Å². The van der Waals surface area contributed by atoms with Crippen LogP contribution in [0.2, 0.25) is 5.02 Å². The molecule has 1 N–H and O–H groups in total. The summed E-state index contributed by atoms with van der Waals surface area (Å²) in [5.74, 6) is -0.361. The predicted octanol–water partition coefficient (Wildman–Crippen LogP) is 4.39. The number of aryl methyl sites for hydroxylation is 1. The average Bonchev–Trinajstić information content (AvgIpc) is 3.23. The highest BCUT2D eigenvalue weighted by Gasteiger charge is 2.20. The van der Waals surface area contributed by atoms with Crippen LogP contribution < -0.4 is 10.1 Å². The van der Waals surface area contributed by atoms with Crippen molar-refractivity contribution in [3.63, 3.8) is 0 Å². The van der Waals surface area contributed by atoms with Gasteiger partial charge in [0, 0.05) is 17.3 Å². The molecule has 0 aromatic heterocycles. The fourth-order valence-corrected chi connectivity index (χ4v) is 3.07. The standard InChI is InChI=1S/C22H24ClNO5/c1-14-5-8-17(23)12-20(14)24-21(25)15(2)29-22(26)16-6-9-18(10-7-16)28-13-19-4-3-11-27-19/h5-10,12,15,19H,3-4,11,13H2,1-2H3,(H,24,25)/t15-,19+/m1/s1. The van der Waals surface area contributed by atoms with Crippen molar-refractivity contribution in [2.45, 2.75) is 38.9 Å². The summed E-state index contributed by atoms with van der Waals surface area (Å²) in [7, 11) is 0. The van der Waals surface area contributed by atoms with Crippen molar-refractivity contribution in [1.29, 1.82) is 0 Å². The van der Waals surface area contributed by atoms with Gasteiger partial charge in [-0.05, 0) is 68.7 Å². The average molecular weight is 418 g/mol.